The van der Waals surface area contributed by atoms with Gasteiger partial charge in [0.05, 0.1) is 12.1 Å². The van der Waals surface area contributed by atoms with Crippen LogP contribution >= 0.6 is 12.4 Å². The number of hydrogen-bond donors (Lipinski definition) is 3. The fourth-order valence-corrected chi connectivity index (χ4v) is 1.83. The molecule has 2 amide bonds. The minimum atomic E-state index is -0.355. The number of rotatable bonds is 7. The molecule has 0 aliphatic carbocycles. The van der Waals surface area contributed by atoms with Crippen molar-refractivity contribution in [3.05, 3.63) is 0 Å². The van der Waals surface area contributed by atoms with Crippen LogP contribution in [0.1, 0.15) is 53.9 Å². The van der Waals surface area contributed by atoms with Crippen LogP contribution in [0.5, 0.6) is 0 Å². The molecular formula is C14H30ClN3O2. The average molecular weight is 308 g/mol. The molecule has 0 atom stereocenters. The van der Waals surface area contributed by atoms with Crippen LogP contribution in [0, 0.1) is 5.41 Å². The topological polar surface area (TPSA) is 84.2 Å². The van der Waals surface area contributed by atoms with Gasteiger partial charge in [-0.05, 0) is 18.3 Å². The predicted octanol–water partition coefficient (Wildman–Crippen LogP) is 1.59. The Bertz CT molecular complexity index is 302. The third-order valence-corrected chi connectivity index (χ3v) is 3.29. The first-order valence-corrected chi connectivity index (χ1v) is 6.96. The molecule has 0 rings (SSSR count). The van der Waals surface area contributed by atoms with Crippen molar-refractivity contribution in [2.45, 2.75) is 59.4 Å². The summed E-state index contributed by atoms with van der Waals surface area (Å²) in [6.45, 7) is 10.4. The molecule has 0 aromatic carbocycles. The standard InChI is InChI=1S/C14H29N3O2.ClH/c1-6-14(7-2,10-15)17-12(19)9-16-11(18)8-13(3,4)5;/h6-10,15H2,1-5H3,(H,16,18)(H,17,19);1H. The molecule has 0 aromatic heterocycles. The van der Waals surface area contributed by atoms with Crippen molar-refractivity contribution < 1.29 is 9.59 Å². The summed E-state index contributed by atoms with van der Waals surface area (Å²) in [5, 5.41) is 5.56. The molecule has 6 heteroatoms. The first-order valence-electron chi connectivity index (χ1n) is 6.96. The van der Waals surface area contributed by atoms with Crippen LogP contribution in [-0.2, 0) is 9.59 Å². The summed E-state index contributed by atoms with van der Waals surface area (Å²) in [5.74, 6) is -0.287. The van der Waals surface area contributed by atoms with Crippen molar-refractivity contribution in [2.75, 3.05) is 13.1 Å². The van der Waals surface area contributed by atoms with Gasteiger partial charge in [0.25, 0.3) is 0 Å². The smallest absolute Gasteiger partial charge is 0.239 e. The highest BCUT2D eigenvalue weighted by Gasteiger charge is 2.26. The maximum Gasteiger partial charge on any atom is 0.239 e. The lowest BCUT2D eigenvalue weighted by molar-refractivity contribution is -0.128. The molecule has 0 heterocycles. The van der Waals surface area contributed by atoms with Gasteiger partial charge in [0, 0.05) is 13.0 Å². The van der Waals surface area contributed by atoms with E-state index in [9.17, 15) is 9.59 Å². The van der Waals surface area contributed by atoms with Crippen molar-refractivity contribution in [1.29, 1.82) is 0 Å². The lowest BCUT2D eigenvalue weighted by atomic mass is 9.92. The van der Waals surface area contributed by atoms with Gasteiger partial charge in [-0.2, -0.15) is 0 Å². The van der Waals surface area contributed by atoms with Crippen LogP contribution in [0.2, 0.25) is 0 Å². The van der Waals surface area contributed by atoms with Crippen LogP contribution in [0.15, 0.2) is 0 Å². The fraction of sp³-hybridized carbons (Fsp3) is 0.857. The summed E-state index contributed by atoms with van der Waals surface area (Å²) in [5.41, 5.74) is 5.28. The normalized spacial score (nSPS) is 11.5. The Morgan fingerprint density at radius 3 is 1.90 bits per heavy atom. The molecule has 0 saturated heterocycles. The second-order valence-corrected chi connectivity index (χ2v) is 6.25. The molecule has 0 bridgehead atoms. The van der Waals surface area contributed by atoms with Crippen LogP contribution < -0.4 is 16.4 Å². The first-order chi connectivity index (χ1) is 8.68. The molecule has 0 spiro atoms. The molecule has 0 fully saturated rings. The molecule has 0 unspecified atom stereocenters. The Balaban J connectivity index is 0. The Morgan fingerprint density at radius 1 is 1.05 bits per heavy atom. The molecule has 20 heavy (non-hydrogen) atoms. The van der Waals surface area contributed by atoms with Crippen molar-refractivity contribution in [3.8, 4) is 0 Å². The summed E-state index contributed by atoms with van der Waals surface area (Å²) in [6.07, 6.45) is 1.97. The first kappa shape index (κ1) is 21.5. The molecule has 0 aliphatic heterocycles. The highest BCUT2D eigenvalue weighted by Crippen LogP contribution is 2.17. The van der Waals surface area contributed by atoms with Crippen LogP contribution in [0.4, 0.5) is 0 Å². The maximum atomic E-state index is 11.8. The molecule has 0 aromatic rings. The quantitative estimate of drug-likeness (QED) is 0.668. The maximum absolute atomic E-state index is 11.8. The van der Waals surface area contributed by atoms with E-state index in [4.69, 9.17) is 5.73 Å². The highest BCUT2D eigenvalue weighted by molar-refractivity contribution is 5.85. The third kappa shape index (κ3) is 8.38. The minimum absolute atomic E-state index is 0. The van der Waals surface area contributed by atoms with Crippen molar-refractivity contribution in [1.82, 2.24) is 10.6 Å². The van der Waals surface area contributed by atoms with Gasteiger partial charge in [0.2, 0.25) is 11.8 Å². The number of carbonyl (C=O) groups excluding carboxylic acids is 2. The molecule has 4 N–H and O–H groups in total. The molecule has 0 saturated carbocycles. The van der Waals surface area contributed by atoms with E-state index in [2.05, 4.69) is 10.6 Å². The zero-order valence-corrected chi connectivity index (χ0v) is 14.2. The average Bonchev–Trinajstić information content (AvgIpc) is 2.31. The van der Waals surface area contributed by atoms with Gasteiger partial charge in [0.15, 0.2) is 0 Å². The Labute approximate surface area is 128 Å². The molecule has 5 nitrogen and oxygen atoms in total. The molecular weight excluding hydrogens is 278 g/mol. The van der Waals surface area contributed by atoms with Crippen LogP contribution in [0.3, 0.4) is 0 Å². The van der Waals surface area contributed by atoms with E-state index in [1.807, 2.05) is 34.6 Å². The van der Waals surface area contributed by atoms with Gasteiger partial charge >= 0.3 is 0 Å². The Morgan fingerprint density at radius 2 is 1.55 bits per heavy atom. The van der Waals surface area contributed by atoms with Gasteiger partial charge in [0.1, 0.15) is 0 Å². The number of carbonyl (C=O) groups is 2. The third-order valence-electron chi connectivity index (χ3n) is 3.29. The van der Waals surface area contributed by atoms with E-state index in [1.54, 1.807) is 0 Å². The van der Waals surface area contributed by atoms with Crippen molar-refractivity contribution in [3.63, 3.8) is 0 Å². The van der Waals surface area contributed by atoms with E-state index < -0.39 is 0 Å². The van der Waals surface area contributed by atoms with E-state index in [0.717, 1.165) is 12.8 Å². The van der Waals surface area contributed by atoms with Gasteiger partial charge in [-0.15, -0.1) is 12.4 Å². The highest BCUT2D eigenvalue weighted by atomic mass is 35.5. The summed E-state index contributed by atoms with van der Waals surface area (Å²) < 4.78 is 0. The van der Waals surface area contributed by atoms with Crippen LogP contribution in [-0.4, -0.2) is 30.4 Å². The number of nitrogens with two attached hydrogens (primary N) is 1. The number of halogens is 1. The van der Waals surface area contributed by atoms with Crippen molar-refractivity contribution in [2.24, 2.45) is 11.1 Å². The molecule has 0 aliphatic rings. The van der Waals surface area contributed by atoms with E-state index in [0.29, 0.717) is 13.0 Å². The Kier molecular flexibility index (Phi) is 9.87. The summed E-state index contributed by atoms with van der Waals surface area (Å²) >= 11 is 0. The number of nitrogens with one attached hydrogen (secondary N) is 2. The van der Waals surface area contributed by atoms with Gasteiger partial charge in [-0.3, -0.25) is 9.59 Å². The lowest BCUT2D eigenvalue weighted by Gasteiger charge is -2.31. The van der Waals surface area contributed by atoms with Crippen molar-refractivity contribution >= 4 is 24.2 Å². The van der Waals surface area contributed by atoms with Gasteiger partial charge in [-0.1, -0.05) is 34.6 Å². The lowest BCUT2D eigenvalue weighted by Crippen LogP contribution is -2.55. The van der Waals surface area contributed by atoms with Crippen LogP contribution in [0.25, 0.3) is 0 Å². The second-order valence-electron chi connectivity index (χ2n) is 6.25. The van der Waals surface area contributed by atoms with Gasteiger partial charge in [-0.25, -0.2) is 0 Å². The monoisotopic (exact) mass is 307 g/mol. The van der Waals surface area contributed by atoms with Gasteiger partial charge < -0.3 is 16.4 Å². The summed E-state index contributed by atoms with van der Waals surface area (Å²) in [6, 6.07) is 0. The minimum Gasteiger partial charge on any atom is -0.348 e. The Hall–Kier alpha value is -0.810. The fourth-order valence-electron chi connectivity index (χ4n) is 1.83. The largest absolute Gasteiger partial charge is 0.348 e. The zero-order valence-electron chi connectivity index (χ0n) is 13.3. The number of amides is 2. The second kappa shape index (κ2) is 9.19. The van der Waals surface area contributed by atoms with E-state index >= 15 is 0 Å². The van der Waals surface area contributed by atoms with E-state index in [1.165, 1.54) is 0 Å². The number of hydrogen-bond acceptors (Lipinski definition) is 3. The predicted molar refractivity (Wildman–Crippen MR) is 84.8 cm³/mol. The molecule has 0 radical (unpaired) electrons. The van der Waals surface area contributed by atoms with E-state index in [-0.39, 0.29) is 41.7 Å². The zero-order chi connectivity index (χ0) is 15.1. The summed E-state index contributed by atoms with van der Waals surface area (Å²) in [4.78, 5) is 23.4. The molecule has 120 valence electrons. The SMILES string of the molecule is CCC(CC)(CN)NC(=O)CNC(=O)CC(C)(C)C.Cl. The summed E-state index contributed by atoms with van der Waals surface area (Å²) in [7, 11) is 0.